The highest BCUT2D eigenvalue weighted by molar-refractivity contribution is 7.89. The zero-order valence-corrected chi connectivity index (χ0v) is 14.1. The van der Waals surface area contributed by atoms with E-state index in [0.717, 1.165) is 6.07 Å². The van der Waals surface area contributed by atoms with Crippen molar-refractivity contribution in [3.63, 3.8) is 0 Å². The fourth-order valence-corrected chi connectivity index (χ4v) is 4.41. The number of sulfonamides is 1. The van der Waals surface area contributed by atoms with Crippen LogP contribution in [0.2, 0.25) is 5.02 Å². The molecule has 0 heterocycles. The molecular formula is C14H20ClFN2O2S. The summed E-state index contributed by atoms with van der Waals surface area (Å²) in [6.45, 7) is 7.95. The molecule has 0 radical (unpaired) electrons. The van der Waals surface area contributed by atoms with Crippen LogP contribution >= 0.6 is 11.6 Å². The van der Waals surface area contributed by atoms with E-state index >= 15 is 0 Å². The zero-order valence-electron chi connectivity index (χ0n) is 12.5. The van der Waals surface area contributed by atoms with Crippen molar-refractivity contribution in [1.29, 1.82) is 0 Å². The molecule has 7 heteroatoms. The Labute approximate surface area is 129 Å². The van der Waals surface area contributed by atoms with Gasteiger partial charge in [-0.2, -0.15) is 0 Å². The molecular weight excluding hydrogens is 315 g/mol. The predicted octanol–water partition coefficient (Wildman–Crippen LogP) is 2.65. The molecule has 0 aliphatic heterocycles. The van der Waals surface area contributed by atoms with Gasteiger partial charge in [0, 0.05) is 12.6 Å². The summed E-state index contributed by atoms with van der Waals surface area (Å²) in [6, 6.07) is 2.04. The van der Waals surface area contributed by atoms with Crippen molar-refractivity contribution < 1.29 is 12.8 Å². The molecule has 21 heavy (non-hydrogen) atoms. The summed E-state index contributed by atoms with van der Waals surface area (Å²) < 4.78 is 41.2. The van der Waals surface area contributed by atoms with Gasteiger partial charge in [-0.3, -0.25) is 0 Å². The van der Waals surface area contributed by atoms with Gasteiger partial charge in [-0.05, 0) is 28.5 Å². The maximum Gasteiger partial charge on any atom is 0.240 e. The highest BCUT2D eigenvalue weighted by Crippen LogP contribution is 2.62. The van der Waals surface area contributed by atoms with E-state index in [4.69, 9.17) is 17.3 Å². The van der Waals surface area contributed by atoms with Gasteiger partial charge in [0.05, 0.1) is 9.92 Å². The van der Waals surface area contributed by atoms with Crippen LogP contribution in [0.25, 0.3) is 0 Å². The number of nitrogens with one attached hydrogen (secondary N) is 1. The molecule has 0 unspecified atom stereocenters. The van der Waals surface area contributed by atoms with Crippen LogP contribution in [-0.4, -0.2) is 14.5 Å². The van der Waals surface area contributed by atoms with E-state index in [0.29, 0.717) is 0 Å². The first-order valence-electron chi connectivity index (χ1n) is 6.65. The monoisotopic (exact) mass is 334 g/mol. The molecule has 1 aromatic carbocycles. The molecule has 0 bridgehead atoms. The van der Waals surface area contributed by atoms with Crippen molar-refractivity contribution in [3.05, 3.63) is 28.5 Å². The summed E-state index contributed by atoms with van der Waals surface area (Å²) in [4.78, 5) is -0.150. The predicted molar refractivity (Wildman–Crippen MR) is 81.0 cm³/mol. The first-order chi connectivity index (χ1) is 9.45. The van der Waals surface area contributed by atoms with E-state index in [1.165, 1.54) is 6.07 Å². The molecule has 1 aromatic rings. The normalized spacial score (nSPS) is 20.5. The van der Waals surface area contributed by atoms with Crippen LogP contribution in [-0.2, 0) is 16.6 Å². The van der Waals surface area contributed by atoms with Crippen LogP contribution in [0.15, 0.2) is 17.0 Å². The molecule has 1 aliphatic carbocycles. The summed E-state index contributed by atoms with van der Waals surface area (Å²) in [6.07, 6.45) is 0. The highest BCUT2D eigenvalue weighted by atomic mass is 35.5. The molecule has 1 saturated carbocycles. The molecule has 1 aliphatic rings. The molecule has 0 atom stereocenters. The number of halogens is 2. The maximum atomic E-state index is 13.7. The Morgan fingerprint density at radius 1 is 1.29 bits per heavy atom. The Bertz CT molecular complexity index is 672. The second-order valence-electron chi connectivity index (χ2n) is 6.58. The van der Waals surface area contributed by atoms with Crippen molar-refractivity contribution in [2.24, 2.45) is 16.6 Å². The van der Waals surface area contributed by atoms with Crippen LogP contribution in [0, 0.1) is 16.6 Å². The van der Waals surface area contributed by atoms with Crippen LogP contribution < -0.4 is 10.5 Å². The van der Waals surface area contributed by atoms with Crippen molar-refractivity contribution in [2.75, 3.05) is 0 Å². The molecule has 3 N–H and O–H groups in total. The van der Waals surface area contributed by atoms with E-state index in [1.54, 1.807) is 0 Å². The van der Waals surface area contributed by atoms with E-state index in [-0.39, 0.29) is 38.9 Å². The lowest BCUT2D eigenvalue weighted by molar-refractivity contribution is 0.457. The third-order valence-electron chi connectivity index (χ3n) is 4.90. The second kappa shape index (κ2) is 4.91. The van der Waals surface area contributed by atoms with E-state index < -0.39 is 15.8 Å². The van der Waals surface area contributed by atoms with Gasteiger partial charge >= 0.3 is 0 Å². The zero-order chi connectivity index (χ0) is 16.2. The summed E-state index contributed by atoms with van der Waals surface area (Å²) in [5, 5.41) is -0.136. The Balaban J connectivity index is 2.36. The minimum absolute atomic E-state index is 0.0282. The van der Waals surface area contributed by atoms with E-state index in [1.807, 2.05) is 27.7 Å². The molecule has 2 rings (SSSR count). The fraction of sp³-hybridized carbons (Fsp3) is 0.571. The first kappa shape index (κ1) is 16.7. The summed E-state index contributed by atoms with van der Waals surface area (Å²) in [7, 11) is -3.82. The van der Waals surface area contributed by atoms with Crippen molar-refractivity contribution >= 4 is 21.6 Å². The Morgan fingerprint density at radius 3 is 2.24 bits per heavy atom. The number of rotatable bonds is 4. The molecule has 0 aromatic heterocycles. The van der Waals surface area contributed by atoms with E-state index in [9.17, 15) is 12.8 Å². The van der Waals surface area contributed by atoms with Gasteiger partial charge < -0.3 is 5.73 Å². The molecule has 0 saturated heterocycles. The van der Waals surface area contributed by atoms with Gasteiger partial charge in [0.2, 0.25) is 10.0 Å². The fourth-order valence-electron chi connectivity index (χ4n) is 2.64. The van der Waals surface area contributed by atoms with Crippen molar-refractivity contribution in [1.82, 2.24) is 4.72 Å². The average molecular weight is 335 g/mol. The number of benzene rings is 1. The summed E-state index contributed by atoms with van der Waals surface area (Å²) >= 11 is 5.75. The van der Waals surface area contributed by atoms with Crippen molar-refractivity contribution in [3.8, 4) is 0 Å². The van der Waals surface area contributed by atoms with Gasteiger partial charge in [-0.1, -0.05) is 39.3 Å². The minimum atomic E-state index is -3.82. The smallest absolute Gasteiger partial charge is 0.240 e. The lowest BCUT2D eigenvalue weighted by Gasteiger charge is -2.11. The standard InChI is InChI=1S/C14H20ClFN2O2S/c1-13(2)12(14(13,3)4)18-21(19,20)9-5-8(7-17)11(15)10(16)6-9/h5-6,12,18H,7,17H2,1-4H3. The maximum absolute atomic E-state index is 13.7. The number of nitrogens with two attached hydrogens (primary N) is 1. The molecule has 118 valence electrons. The molecule has 1 fully saturated rings. The second-order valence-corrected chi connectivity index (χ2v) is 8.67. The minimum Gasteiger partial charge on any atom is -0.326 e. The quantitative estimate of drug-likeness (QED) is 0.889. The third-order valence-corrected chi connectivity index (χ3v) is 6.73. The lowest BCUT2D eigenvalue weighted by Crippen LogP contribution is -2.30. The number of hydrogen-bond acceptors (Lipinski definition) is 3. The van der Waals surface area contributed by atoms with Gasteiger partial charge in [0.25, 0.3) is 0 Å². The molecule has 0 amide bonds. The van der Waals surface area contributed by atoms with Gasteiger partial charge in [0.1, 0.15) is 5.82 Å². The SMILES string of the molecule is CC1(C)C(NS(=O)(=O)c2cc(F)c(Cl)c(CN)c2)C1(C)C. The Kier molecular flexibility index (Phi) is 3.90. The number of hydrogen-bond donors (Lipinski definition) is 2. The van der Waals surface area contributed by atoms with E-state index in [2.05, 4.69) is 4.72 Å². The first-order valence-corrected chi connectivity index (χ1v) is 8.51. The summed E-state index contributed by atoms with van der Waals surface area (Å²) in [5.74, 6) is -0.783. The van der Waals surface area contributed by atoms with Crippen LogP contribution in [0.4, 0.5) is 4.39 Å². The van der Waals surface area contributed by atoms with Gasteiger partial charge in [-0.25, -0.2) is 17.5 Å². The highest BCUT2D eigenvalue weighted by Gasteiger charge is 2.66. The third kappa shape index (κ3) is 2.59. The molecule has 4 nitrogen and oxygen atoms in total. The van der Waals surface area contributed by atoms with Crippen molar-refractivity contribution in [2.45, 2.75) is 45.2 Å². The largest absolute Gasteiger partial charge is 0.326 e. The molecule has 0 spiro atoms. The van der Waals surface area contributed by atoms with Crippen LogP contribution in [0.5, 0.6) is 0 Å². The van der Waals surface area contributed by atoms with Gasteiger partial charge in [0.15, 0.2) is 0 Å². The lowest BCUT2D eigenvalue weighted by atomic mass is 10.0. The Morgan fingerprint density at radius 2 is 1.81 bits per heavy atom. The van der Waals surface area contributed by atoms with Crippen LogP contribution in [0.1, 0.15) is 33.3 Å². The topological polar surface area (TPSA) is 72.2 Å². The average Bonchev–Trinajstić information content (AvgIpc) is 2.74. The van der Waals surface area contributed by atoms with Crippen LogP contribution in [0.3, 0.4) is 0 Å². The Hall–Kier alpha value is -0.690. The van der Waals surface area contributed by atoms with Gasteiger partial charge in [-0.15, -0.1) is 0 Å². The summed E-state index contributed by atoms with van der Waals surface area (Å²) in [5.41, 5.74) is 5.43.